The van der Waals surface area contributed by atoms with Gasteiger partial charge in [0, 0.05) is 5.69 Å². The summed E-state index contributed by atoms with van der Waals surface area (Å²) >= 11 is 0. The molecular formula is C23H29NO4. The van der Waals surface area contributed by atoms with Crippen molar-refractivity contribution in [1.82, 2.24) is 0 Å². The van der Waals surface area contributed by atoms with Gasteiger partial charge in [0.1, 0.15) is 5.75 Å². The van der Waals surface area contributed by atoms with Crippen molar-refractivity contribution < 1.29 is 19.1 Å². The molecule has 0 unspecified atom stereocenters. The van der Waals surface area contributed by atoms with Gasteiger partial charge in [-0.25, -0.2) is 4.79 Å². The molecular weight excluding hydrogens is 354 g/mol. The van der Waals surface area contributed by atoms with Crippen molar-refractivity contribution in [3.05, 3.63) is 59.2 Å². The minimum Gasteiger partial charge on any atom is -0.481 e. The molecule has 28 heavy (non-hydrogen) atoms. The van der Waals surface area contributed by atoms with Gasteiger partial charge in [-0.05, 0) is 54.2 Å². The van der Waals surface area contributed by atoms with E-state index in [1.807, 2.05) is 31.2 Å². The van der Waals surface area contributed by atoms with Crippen molar-refractivity contribution in [2.24, 2.45) is 0 Å². The third kappa shape index (κ3) is 5.12. The first-order valence-electron chi connectivity index (χ1n) is 9.43. The van der Waals surface area contributed by atoms with Crippen LogP contribution in [0.2, 0.25) is 0 Å². The first-order chi connectivity index (χ1) is 13.2. The Labute approximate surface area is 167 Å². The summed E-state index contributed by atoms with van der Waals surface area (Å²) in [5, 5.41) is 2.86. The molecule has 0 saturated carbocycles. The standard InChI is InChI=1S/C23H29NO4/c1-7-20(28-17-13-11-16(12-14-17)23(3,4)5)21(25)24-19-10-8-9-18(15(19)2)22(26)27-6/h8-14,20H,7H2,1-6H3,(H,24,25)/t20-/m1/s1. The lowest BCUT2D eigenvalue weighted by Crippen LogP contribution is -2.32. The number of hydrogen-bond donors (Lipinski definition) is 1. The Bertz CT molecular complexity index is 835. The number of benzene rings is 2. The smallest absolute Gasteiger partial charge is 0.338 e. The van der Waals surface area contributed by atoms with Crippen LogP contribution >= 0.6 is 0 Å². The summed E-state index contributed by atoms with van der Waals surface area (Å²) in [5.74, 6) is -0.0432. The quantitative estimate of drug-likeness (QED) is 0.723. The average Bonchev–Trinajstić information content (AvgIpc) is 2.66. The van der Waals surface area contributed by atoms with Crippen LogP contribution in [0.25, 0.3) is 0 Å². The summed E-state index contributed by atoms with van der Waals surface area (Å²) < 4.78 is 10.7. The zero-order valence-electron chi connectivity index (χ0n) is 17.5. The van der Waals surface area contributed by atoms with Crippen molar-refractivity contribution in [2.45, 2.75) is 52.6 Å². The second-order valence-electron chi connectivity index (χ2n) is 7.75. The second kappa shape index (κ2) is 8.91. The van der Waals surface area contributed by atoms with E-state index in [4.69, 9.17) is 9.47 Å². The fraction of sp³-hybridized carbons (Fsp3) is 0.391. The fourth-order valence-corrected chi connectivity index (χ4v) is 2.84. The molecule has 1 amide bonds. The van der Waals surface area contributed by atoms with Gasteiger partial charge in [-0.1, -0.05) is 45.9 Å². The predicted octanol–water partition coefficient (Wildman–Crippen LogP) is 4.88. The molecule has 0 aliphatic heterocycles. The molecule has 1 atom stereocenters. The van der Waals surface area contributed by atoms with E-state index in [0.29, 0.717) is 29.0 Å². The second-order valence-corrected chi connectivity index (χ2v) is 7.75. The van der Waals surface area contributed by atoms with Gasteiger partial charge < -0.3 is 14.8 Å². The van der Waals surface area contributed by atoms with E-state index in [1.165, 1.54) is 12.7 Å². The number of anilines is 1. The number of ether oxygens (including phenoxy) is 2. The number of carbonyl (C=O) groups is 2. The third-order valence-corrected chi connectivity index (χ3v) is 4.66. The largest absolute Gasteiger partial charge is 0.481 e. The van der Waals surface area contributed by atoms with E-state index in [2.05, 4.69) is 26.1 Å². The highest BCUT2D eigenvalue weighted by Crippen LogP contribution is 2.25. The van der Waals surface area contributed by atoms with Crippen molar-refractivity contribution in [1.29, 1.82) is 0 Å². The van der Waals surface area contributed by atoms with Crippen LogP contribution in [0.3, 0.4) is 0 Å². The topological polar surface area (TPSA) is 64.6 Å². The molecule has 0 aliphatic rings. The molecule has 0 aliphatic carbocycles. The lowest BCUT2D eigenvalue weighted by atomic mass is 9.87. The minimum atomic E-state index is -0.637. The summed E-state index contributed by atoms with van der Waals surface area (Å²) in [4.78, 5) is 24.6. The van der Waals surface area contributed by atoms with Crippen LogP contribution in [0.5, 0.6) is 5.75 Å². The normalized spacial score (nSPS) is 12.2. The summed E-state index contributed by atoms with van der Waals surface area (Å²) in [6.07, 6.45) is -0.121. The Balaban J connectivity index is 2.13. The van der Waals surface area contributed by atoms with Crippen LogP contribution in [-0.4, -0.2) is 25.1 Å². The summed E-state index contributed by atoms with van der Waals surface area (Å²) in [6.45, 7) is 10.1. The summed E-state index contributed by atoms with van der Waals surface area (Å²) in [6, 6.07) is 12.9. The number of methoxy groups -OCH3 is 1. The van der Waals surface area contributed by atoms with E-state index in [0.717, 1.165) is 0 Å². The van der Waals surface area contributed by atoms with Crippen molar-refractivity contribution in [2.75, 3.05) is 12.4 Å². The van der Waals surface area contributed by atoms with Gasteiger partial charge in [-0.2, -0.15) is 0 Å². The summed E-state index contributed by atoms with van der Waals surface area (Å²) in [7, 11) is 1.33. The van der Waals surface area contributed by atoms with Gasteiger partial charge in [0.2, 0.25) is 0 Å². The number of nitrogens with one attached hydrogen (secondary N) is 1. The van der Waals surface area contributed by atoms with E-state index in [-0.39, 0.29) is 11.3 Å². The molecule has 5 nitrogen and oxygen atoms in total. The van der Waals surface area contributed by atoms with Gasteiger partial charge in [-0.3, -0.25) is 4.79 Å². The minimum absolute atomic E-state index is 0.0578. The molecule has 2 rings (SSSR count). The SMILES string of the molecule is CC[C@@H](Oc1ccc(C(C)(C)C)cc1)C(=O)Nc1cccc(C(=O)OC)c1C. The maximum absolute atomic E-state index is 12.7. The van der Waals surface area contributed by atoms with E-state index in [9.17, 15) is 9.59 Å². The van der Waals surface area contributed by atoms with Crippen molar-refractivity contribution >= 4 is 17.6 Å². The molecule has 5 heteroatoms. The van der Waals surface area contributed by atoms with Gasteiger partial charge in [0.25, 0.3) is 5.91 Å². The van der Waals surface area contributed by atoms with Gasteiger partial charge in [0.15, 0.2) is 6.10 Å². The van der Waals surface area contributed by atoms with E-state index >= 15 is 0 Å². The molecule has 0 radical (unpaired) electrons. The van der Waals surface area contributed by atoms with E-state index < -0.39 is 12.1 Å². The maximum atomic E-state index is 12.7. The molecule has 0 fully saturated rings. The van der Waals surface area contributed by atoms with Crippen LogP contribution in [0.15, 0.2) is 42.5 Å². The van der Waals surface area contributed by atoms with Crippen LogP contribution in [-0.2, 0) is 14.9 Å². The Kier molecular flexibility index (Phi) is 6.84. The molecule has 0 spiro atoms. The number of esters is 1. The number of rotatable bonds is 6. The Morgan fingerprint density at radius 3 is 2.25 bits per heavy atom. The number of hydrogen-bond acceptors (Lipinski definition) is 4. The lowest BCUT2D eigenvalue weighted by molar-refractivity contribution is -0.122. The molecule has 2 aromatic carbocycles. The van der Waals surface area contributed by atoms with Gasteiger partial charge >= 0.3 is 5.97 Å². The Morgan fingerprint density at radius 2 is 1.71 bits per heavy atom. The average molecular weight is 383 g/mol. The van der Waals surface area contributed by atoms with Crippen molar-refractivity contribution in [3.8, 4) is 5.75 Å². The zero-order chi connectivity index (χ0) is 20.9. The first kappa shape index (κ1) is 21.5. The maximum Gasteiger partial charge on any atom is 0.338 e. The third-order valence-electron chi connectivity index (χ3n) is 4.66. The molecule has 0 heterocycles. The van der Waals surface area contributed by atoms with Crippen molar-refractivity contribution in [3.63, 3.8) is 0 Å². The van der Waals surface area contributed by atoms with Crippen LogP contribution in [0.1, 0.15) is 55.6 Å². The summed E-state index contributed by atoms with van der Waals surface area (Å²) in [5.41, 5.74) is 2.91. The molecule has 0 aromatic heterocycles. The molecule has 0 bridgehead atoms. The lowest BCUT2D eigenvalue weighted by Gasteiger charge is -2.21. The number of carbonyl (C=O) groups excluding carboxylic acids is 2. The van der Waals surface area contributed by atoms with Gasteiger partial charge in [-0.15, -0.1) is 0 Å². The Hall–Kier alpha value is -2.82. The fourth-order valence-electron chi connectivity index (χ4n) is 2.84. The van der Waals surface area contributed by atoms with Crippen LogP contribution in [0, 0.1) is 6.92 Å². The van der Waals surface area contributed by atoms with E-state index in [1.54, 1.807) is 25.1 Å². The molecule has 2 aromatic rings. The van der Waals surface area contributed by atoms with Gasteiger partial charge in [0.05, 0.1) is 12.7 Å². The Morgan fingerprint density at radius 1 is 1.07 bits per heavy atom. The molecule has 150 valence electrons. The predicted molar refractivity (Wildman–Crippen MR) is 111 cm³/mol. The zero-order valence-corrected chi connectivity index (χ0v) is 17.5. The first-order valence-corrected chi connectivity index (χ1v) is 9.43. The highest BCUT2D eigenvalue weighted by Gasteiger charge is 2.21. The highest BCUT2D eigenvalue weighted by atomic mass is 16.5. The molecule has 0 saturated heterocycles. The highest BCUT2D eigenvalue weighted by molar-refractivity contribution is 5.98. The number of amides is 1. The van der Waals surface area contributed by atoms with Crippen LogP contribution in [0.4, 0.5) is 5.69 Å². The molecule has 1 N–H and O–H groups in total. The monoisotopic (exact) mass is 383 g/mol. The van der Waals surface area contributed by atoms with Crippen LogP contribution < -0.4 is 10.1 Å².